The largest absolute Gasteiger partial charge is 0.416 e. The molecule has 0 radical (unpaired) electrons. The van der Waals surface area contributed by atoms with Gasteiger partial charge < -0.3 is 10.2 Å². The number of aromatic nitrogens is 3. The van der Waals surface area contributed by atoms with E-state index in [1.807, 2.05) is 17.9 Å². The molecule has 1 aliphatic rings. The summed E-state index contributed by atoms with van der Waals surface area (Å²) in [6.45, 7) is 10.2. The lowest BCUT2D eigenvalue weighted by Gasteiger charge is -2.38. The van der Waals surface area contributed by atoms with Crippen LogP contribution in [0.4, 0.5) is 19.0 Å². The molecule has 1 atom stereocenters. The van der Waals surface area contributed by atoms with Gasteiger partial charge in [-0.15, -0.1) is 0 Å². The van der Waals surface area contributed by atoms with Crippen LogP contribution in [0.1, 0.15) is 67.9 Å². The Kier molecular flexibility index (Phi) is 6.46. The topological polar surface area (TPSA) is 71.0 Å². The number of piperidine rings is 1. The van der Waals surface area contributed by atoms with E-state index >= 15 is 0 Å². The smallest absolute Gasteiger partial charge is 0.363 e. The molecule has 0 spiro atoms. The summed E-state index contributed by atoms with van der Waals surface area (Å²) in [7, 11) is 0. The summed E-state index contributed by atoms with van der Waals surface area (Å²) in [5.41, 5.74) is 1.48. The molecule has 3 aromatic rings. The van der Waals surface area contributed by atoms with Crippen molar-refractivity contribution in [2.24, 2.45) is 0 Å². The second-order valence-electron chi connectivity index (χ2n) is 9.66. The lowest BCUT2D eigenvalue weighted by Crippen LogP contribution is -2.43. The normalized spacial score (nSPS) is 16.9. The van der Waals surface area contributed by atoms with Gasteiger partial charge in [0.1, 0.15) is 11.6 Å². The first-order valence-electron chi connectivity index (χ1n) is 11.7. The summed E-state index contributed by atoms with van der Waals surface area (Å²) < 4.78 is 40.3. The summed E-state index contributed by atoms with van der Waals surface area (Å²) in [4.78, 5) is 27.4. The minimum atomic E-state index is -4.41. The predicted octanol–water partition coefficient (Wildman–Crippen LogP) is 5.73. The minimum Gasteiger partial charge on any atom is -0.363 e. The third-order valence-corrected chi connectivity index (χ3v) is 7.13. The van der Waals surface area contributed by atoms with E-state index < -0.39 is 17.8 Å². The minimum absolute atomic E-state index is 0.0766. The first kappa shape index (κ1) is 24.9. The maximum Gasteiger partial charge on any atom is 0.416 e. The molecule has 6 nitrogen and oxygen atoms in total. The van der Waals surface area contributed by atoms with Crippen molar-refractivity contribution < 1.29 is 18.0 Å². The summed E-state index contributed by atoms with van der Waals surface area (Å²) >= 11 is 0. The van der Waals surface area contributed by atoms with Crippen molar-refractivity contribution in [2.45, 2.75) is 65.1 Å². The quantitative estimate of drug-likeness (QED) is 0.511. The molecule has 1 aromatic carbocycles. The Labute approximate surface area is 203 Å². The SMILES string of the molecule is CC(=O)N1CCC(C)(c2cc3c(N[C@H](C)c4cccc(C(F)(F)F)c4C)nc(C)nc3cn2)CC1. The number of carbonyl (C=O) groups excluding carboxylic acids is 1. The summed E-state index contributed by atoms with van der Waals surface area (Å²) in [6, 6.07) is 5.80. The van der Waals surface area contributed by atoms with Crippen molar-refractivity contribution >= 4 is 22.6 Å². The van der Waals surface area contributed by atoms with Crippen LogP contribution in [0.3, 0.4) is 0 Å². The van der Waals surface area contributed by atoms with Gasteiger partial charge in [0.15, 0.2) is 0 Å². The number of halogens is 3. The number of hydrogen-bond acceptors (Lipinski definition) is 5. The highest BCUT2D eigenvalue weighted by Gasteiger charge is 2.35. The molecule has 4 rings (SSSR count). The number of hydrogen-bond donors (Lipinski definition) is 1. The van der Waals surface area contributed by atoms with Crippen LogP contribution in [0.25, 0.3) is 10.9 Å². The fourth-order valence-electron chi connectivity index (χ4n) is 4.87. The van der Waals surface area contributed by atoms with E-state index in [9.17, 15) is 18.0 Å². The molecule has 3 heterocycles. The van der Waals surface area contributed by atoms with Crippen LogP contribution in [-0.2, 0) is 16.4 Å². The highest BCUT2D eigenvalue weighted by molar-refractivity contribution is 5.89. The molecular formula is C26H30F3N5O. The summed E-state index contributed by atoms with van der Waals surface area (Å²) in [5.74, 6) is 1.18. The molecule has 9 heteroatoms. The average molecular weight is 486 g/mol. The second-order valence-corrected chi connectivity index (χ2v) is 9.66. The molecule has 0 aliphatic carbocycles. The van der Waals surface area contributed by atoms with E-state index in [1.165, 1.54) is 13.0 Å². The maximum atomic E-state index is 13.4. The van der Waals surface area contributed by atoms with Crippen LogP contribution in [-0.4, -0.2) is 38.8 Å². The highest BCUT2D eigenvalue weighted by atomic mass is 19.4. The van der Waals surface area contributed by atoms with Crippen LogP contribution in [0.5, 0.6) is 0 Å². The van der Waals surface area contributed by atoms with Gasteiger partial charge >= 0.3 is 6.18 Å². The Bertz CT molecular complexity index is 1270. The average Bonchev–Trinajstić information content (AvgIpc) is 2.78. The molecule has 0 saturated carbocycles. The molecule has 1 amide bonds. The van der Waals surface area contributed by atoms with Gasteiger partial charge in [0.05, 0.1) is 23.3 Å². The summed E-state index contributed by atoms with van der Waals surface area (Å²) in [5, 5.41) is 4.10. The van der Waals surface area contributed by atoms with E-state index in [0.29, 0.717) is 35.8 Å². The second kappa shape index (κ2) is 9.09. The molecule has 2 aromatic heterocycles. The molecule has 1 aliphatic heterocycles. The van der Waals surface area contributed by atoms with E-state index in [2.05, 4.69) is 22.2 Å². The van der Waals surface area contributed by atoms with Crippen molar-refractivity contribution in [2.75, 3.05) is 18.4 Å². The Morgan fingerprint density at radius 3 is 2.49 bits per heavy atom. The van der Waals surface area contributed by atoms with Gasteiger partial charge in [-0.3, -0.25) is 9.78 Å². The van der Waals surface area contributed by atoms with Crippen molar-refractivity contribution in [1.29, 1.82) is 0 Å². The van der Waals surface area contributed by atoms with E-state index in [4.69, 9.17) is 4.98 Å². The lowest BCUT2D eigenvalue weighted by atomic mass is 9.77. The van der Waals surface area contributed by atoms with Crippen molar-refractivity contribution in [3.8, 4) is 0 Å². The first-order chi connectivity index (χ1) is 16.4. The fraction of sp³-hybridized carbons (Fsp3) is 0.462. The number of benzene rings is 1. The molecule has 0 unspecified atom stereocenters. The van der Waals surface area contributed by atoms with Crippen LogP contribution in [0.2, 0.25) is 0 Å². The Morgan fingerprint density at radius 1 is 1.17 bits per heavy atom. The molecule has 1 N–H and O–H groups in total. The molecular weight excluding hydrogens is 455 g/mol. The van der Waals surface area contributed by atoms with E-state index in [-0.39, 0.29) is 16.9 Å². The van der Waals surface area contributed by atoms with Gasteiger partial charge in [0.25, 0.3) is 0 Å². The zero-order valence-corrected chi connectivity index (χ0v) is 20.6. The van der Waals surface area contributed by atoms with Gasteiger partial charge in [-0.2, -0.15) is 13.2 Å². The molecule has 0 bridgehead atoms. The highest BCUT2D eigenvalue weighted by Crippen LogP contribution is 2.38. The van der Waals surface area contributed by atoms with Gasteiger partial charge in [0.2, 0.25) is 5.91 Å². The predicted molar refractivity (Wildman–Crippen MR) is 129 cm³/mol. The zero-order chi connectivity index (χ0) is 25.5. The first-order valence-corrected chi connectivity index (χ1v) is 11.7. The van der Waals surface area contributed by atoms with Gasteiger partial charge in [0, 0.05) is 36.5 Å². The number of alkyl halides is 3. The van der Waals surface area contributed by atoms with E-state index in [1.54, 1.807) is 26.1 Å². The number of rotatable bonds is 4. The lowest BCUT2D eigenvalue weighted by molar-refractivity contribution is -0.138. The number of anilines is 1. The number of carbonyl (C=O) groups is 1. The van der Waals surface area contributed by atoms with E-state index in [0.717, 1.165) is 30.0 Å². The number of fused-ring (bicyclic) bond motifs is 1. The van der Waals surface area contributed by atoms with Gasteiger partial charge in [-0.1, -0.05) is 19.1 Å². The molecule has 186 valence electrons. The van der Waals surface area contributed by atoms with Gasteiger partial charge in [-0.25, -0.2) is 9.97 Å². The maximum absolute atomic E-state index is 13.4. The van der Waals surface area contributed by atoms with Crippen LogP contribution < -0.4 is 5.32 Å². The summed E-state index contributed by atoms with van der Waals surface area (Å²) in [6.07, 6.45) is -1.10. The number of amides is 1. The Morgan fingerprint density at radius 2 is 1.86 bits per heavy atom. The number of nitrogens with zero attached hydrogens (tertiary/aromatic N) is 4. The number of aryl methyl sites for hydroxylation is 1. The van der Waals surface area contributed by atoms with Gasteiger partial charge in [-0.05, 0) is 56.9 Å². The molecule has 35 heavy (non-hydrogen) atoms. The van der Waals surface area contributed by atoms with Crippen molar-refractivity contribution in [3.63, 3.8) is 0 Å². The Balaban J connectivity index is 1.69. The third kappa shape index (κ3) is 4.94. The van der Waals surface area contributed by atoms with Crippen LogP contribution in [0.15, 0.2) is 30.5 Å². The Hall–Kier alpha value is -3.23. The third-order valence-electron chi connectivity index (χ3n) is 7.13. The number of pyridine rings is 1. The van der Waals surface area contributed by atoms with Crippen LogP contribution in [0, 0.1) is 13.8 Å². The van der Waals surface area contributed by atoms with Crippen molar-refractivity contribution in [1.82, 2.24) is 19.9 Å². The molecule has 1 saturated heterocycles. The van der Waals surface area contributed by atoms with Crippen molar-refractivity contribution in [3.05, 3.63) is 58.7 Å². The number of nitrogens with one attached hydrogen (secondary N) is 1. The zero-order valence-electron chi connectivity index (χ0n) is 20.6. The standard InChI is InChI=1S/C26H30F3N5O/c1-15-19(7-6-8-21(15)26(27,28)29)16(2)31-24-20-13-23(30-14-22(20)32-17(3)33-24)25(5)9-11-34(12-10-25)18(4)35/h6-8,13-14,16H,9-12H2,1-5H3,(H,31,32,33)/t16-/m1/s1. The molecule has 1 fully saturated rings. The van der Waals surface area contributed by atoms with Crippen LogP contribution >= 0.6 is 0 Å². The number of likely N-dealkylation sites (tertiary alicyclic amines) is 1. The fourth-order valence-corrected chi connectivity index (χ4v) is 4.87. The monoisotopic (exact) mass is 485 g/mol.